The van der Waals surface area contributed by atoms with Crippen LogP contribution in [0.5, 0.6) is 0 Å². The highest BCUT2D eigenvalue weighted by atomic mass is 16.5. The van der Waals surface area contributed by atoms with Crippen molar-refractivity contribution in [3.8, 4) is 0 Å². The van der Waals surface area contributed by atoms with Gasteiger partial charge in [0.05, 0.1) is 18.3 Å². The SMILES string of the molecule is C=CC1CC(C(C)(C)C2CCC(OC3CCC(C(=O)C4CCC(OC)CC4)CC3)C(C=C)C2)CCC1C. The Balaban J connectivity index is 1.25. The maximum absolute atomic E-state index is 13.2. The summed E-state index contributed by atoms with van der Waals surface area (Å²) in [6, 6.07) is 0. The van der Waals surface area contributed by atoms with Crippen molar-refractivity contribution in [3.63, 3.8) is 0 Å². The van der Waals surface area contributed by atoms with Crippen LogP contribution in [-0.4, -0.2) is 31.2 Å². The maximum atomic E-state index is 13.2. The molecule has 0 heterocycles. The molecule has 0 bridgehead atoms. The summed E-state index contributed by atoms with van der Waals surface area (Å²) in [6.07, 6.45) is 21.3. The molecule has 0 radical (unpaired) electrons. The van der Waals surface area contributed by atoms with Crippen molar-refractivity contribution >= 4 is 5.78 Å². The number of rotatable bonds is 9. The summed E-state index contributed by atoms with van der Waals surface area (Å²) in [5, 5.41) is 0. The van der Waals surface area contributed by atoms with E-state index < -0.39 is 0 Å². The monoisotopic (exact) mass is 512 g/mol. The Hall–Kier alpha value is -0.930. The molecule has 0 saturated heterocycles. The standard InChI is InChI=1S/C34H56O3/c1-7-24-21-28(14-9-23(24)3)34(4,5)29-15-20-32(25(8-2)22-29)37-31-18-12-27(13-19-31)33(35)26-10-16-30(36-6)17-11-26/h7-8,23-32H,1-2,9-22H2,3-6H3. The topological polar surface area (TPSA) is 35.5 Å². The molecular weight excluding hydrogens is 456 g/mol. The number of hydrogen-bond acceptors (Lipinski definition) is 3. The normalized spacial score (nSPS) is 41.6. The number of carbonyl (C=O) groups excluding carboxylic acids is 1. The van der Waals surface area contributed by atoms with Gasteiger partial charge in [-0.3, -0.25) is 4.79 Å². The van der Waals surface area contributed by atoms with Crippen molar-refractivity contribution in [1.29, 1.82) is 0 Å². The number of Topliss-reactive ketones (excluding diaryl/α,β-unsaturated/α-hetero) is 1. The van der Waals surface area contributed by atoms with Crippen molar-refractivity contribution in [2.45, 2.75) is 129 Å². The van der Waals surface area contributed by atoms with Gasteiger partial charge in [0, 0.05) is 24.9 Å². The van der Waals surface area contributed by atoms with Crippen LogP contribution in [0.1, 0.15) is 111 Å². The zero-order valence-corrected chi connectivity index (χ0v) is 24.5. The summed E-state index contributed by atoms with van der Waals surface area (Å²) in [7, 11) is 1.80. The van der Waals surface area contributed by atoms with E-state index in [1.54, 1.807) is 7.11 Å². The first-order valence-electron chi connectivity index (χ1n) is 15.7. The van der Waals surface area contributed by atoms with E-state index in [0.29, 0.717) is 41.3 Å². The third-order valence-corrected chi connectivity index (χ3v) is 11.7. The van der Waals surface area contributed by atoms with Crippen LogP contribution in [0.25, 0.3) is 0 Å². The number of methoxy groups -OCH3 is 1. The Bertz CT molecular complexity index is 755. The van der Waals surface area contributed by atoms with E-state index in [-0.39, 0.29) is 11.8 Å². The third-order valence-electron chi connectivity index (χ3n) is 11.7. The molecule has 37 heavy (non-hydrogen) atoms. The minimum atomic E-state index is 0.258. The van der Waals surface area contributed by atoms with Crippen LogP contribution in [0, 0.1) is 46.8 Å². The Morgan fingerprint density at radius 3 is 1.78 bits per heavy atom. The van der Waals surface area contributed by atoms with Gasteiger partial charge in [-0.2, -0.15) is 0 Å². The predicted octanol–water partition coefficient (Wildman–Crippen LogP) is 8.57. The summed E-state index contributed by atoms with van der Waals surface area (Å²) in [5.41, 5.74) is 0.356. The lowest BCUT2D eigenvalue weighted by Gasteiger charge is -2.49. The van der Waals surface area contributed by atoms with Gasteiger partial charge in [0.15, 0.2) is 0 Å². The van der Waals surface area contributed by atoms with Gasteiger partial charge < -0.3 is 9.47 Å². The first-order valence-corrected chi connectivity index (χ1v) is 15.7. The molecule has 4 aliphatic carbocycles. The second kappa shape index (κ2) is 12.9. The van der Waals surface area contributed by atoms with Gasteiger partial charge in [0.2, 0.25) is 0 Å². The zero-order chi connectivity index (χ0) is 26.6. The highest BCUT2D eigenvalue weighted by Gasteiger charge is 2.44. The molecule has 3 heteroatoms. The molecular formula is C34H56O3. The van der Waals surface area contributed by atoms with E-state index in [0.717, 1.165) is 75.5 Å². The van der Waals surface area contributed by atoms with E-state index in [1.807, 2.05) is 0 Å². The fourth-order valence-electron chi connectivity index (χ4n) is 8.61. The number of carbonyl (C=O) groups is 1. The van der Waals surface area contributed by atoms with Gasteiger partial charge >= 0.3 is 0 Å². The molecule has 4 saturated carbocycles. The molecule has 0 amide bonds. The Labute approximate surface area is 228 Å². The number of ketones is 1. The van der Waals surface area contributed by atoms with Gasteiger partial charge in [-0.15, -0.1) is 13.2 Å². The molecule has 4 aliphatic rings. The van der Waals surface area contributed by atoms with E-state index in [4.69, 9.17) is 9.47 Å². The van der Waals surface area contributed by atoms with Crippen molar-refractivity contribution in [1.82, 2.24) is 0 Å². The van der Waals surface area contributed by atoms with E-state index >= 15 is 0 Å². The molecule has 0 aromatic carbocycles. The van der Waals surface area contributed by atoms with Gasteiger partial charge in [-0.05, 0) is 119 Å². The van der Waals surface area contributed by atoms with E-state index in [9.17, 15) is 4.79 Å². The lowest BCUT2D eigenvalue weighted by atomic mass is 9.57. The maximum Gasteiger partial charge on any atom is 0.139 e. The summed E-state index contributed by atoms with van der Waals surface area (Å²) in [4.78, 5) is 13.2. The molecule has 210 valence electrons. The molecule has 0 spiro atoms. The average Bonchev–Trinajstić information content (AvgIpc) is 2.93. The molecule has 4 rings (SSSR count). The predicted molar refractivity (Wildman–Crippen MR) is 153 cm³/mol. The summed E-state index contributed by atoms with van der Waals surface area (Å²) >= 11 is 0. The first kappa shape index (κ1) is 29.1. The summed E-state index contributed by atoms with van der Waals surface area (Å²) in [6.45, 7) is 15.9. The minimum Gasteiger partial charge on any atom is -0.381 e. The zero-order valence-electron chi connectivity index (χ0n) is 24.5. The van der Waals surface area contributed by atoms with E-state index in [2.05, 4.69) is 46.1 Å². The molecule has 6 atom stereocenters. The highest BCUT2D eigenvalue weighted by molar-refractivity contribution is 5.83. The molecule has 0 aromatic rings. The van der Waals surface area contributed by atoms with Crippen molar-refractivity contribution in [2.75, 3.05) is 7.11 Å². The first-order chi connectivity index (χ1) is 17.8. The summed E-state index contributed by atoms with van der Waals surface area (Å²) in [5.74, 6) is 4.50. The Kier molecular flexibility index (Phi) is 10.2. The van der Waals surface area contributed by atoms with Crippen molar-refractivity contribution in [3.05, 3.63) is 25.3 Å². The smallest absolute Gasteiger partial charge is 0.139 e. The van der Waals surface area contributed by atoms with Crippen molar-refractivity contribution in [2.24, 2.45) is 46.8 Å². The largest absolute Gasteiger partial charge is 0.381 e. The molecule has 4 fully saturated rings. The van der Waals surface area contributed by atoms with Gasteiger partial charge in [0.25, 0.3) is 0 Å². The van der Waals surface area contributed by atoms with Crippen LogP contribution < -0.4 is 0 Å². The second-order valence-electron chi connectivity index (χ2n) is 13.9. The van der Waals surface area contributed by atoms with Crippen LogP contribution in [0.2, 0.25) is 0 Å². The molecule has 0 aromatic heterocycles. The Morgan fingerprint density at radius 1 is 0.730 bits per heavy atom. The van der Waals surface area contributed by atoms with Crippen LogP contribution in [0.15, 0.2) is 25.3 Å². The second-order valence-corrected chi connectivity index (χ2v) is 13.9. The number of allylic oxidation sites excluding steroid dienone is 1. The van der Waals surface area contributed by atoms with Crippen LogP contribution in [-0.2, 0) is 14.3 Å². The summed E-state index contributed by atoms with van der Waals surface area (Å²) < 4.78 is 12.3. The number of hydrogen-bond donors (Lipinski definition) is 0. The number of ether oxygens (including phenoxy) is 2. The Morgan fingerprint density at radius 2 is 1.24 bits per heavy atom. The average molecular weight is 513 g/mol. The molecule has 6 unspecified atom stereocenters. The lowest BCUT2D eigenvalue weighted by Crippen LogP contribution is -2.43. The molecule has 3 nitrogen and oxygen atoms in total. The van der Waals surface area contributed by atoms with E-state index in [1.165, 1.54) is 32.1 Å². The van der Waals surface area contributed by atoms with Crippen LogP contribution in [0.4, 0.5) is 0 Å². The fraction of sp³-hybridized carbons (Fsp3) is 0.853. The highest BCUT2D eigenvalue weighted by Crippen LogP contribution is 2.52. The van der Waals surface area contributed by atoms with Crippen LogP contribution in [0.3, 0.4) is 0 Å². The van der Waals surface area contributed by atoms with Gasteiger partial charge in [-0.1, -0.05) is 32.9 Å². The molecule has 0 N–H and O–H groups in total. The lowest BCUT2D eigenvalue weighted by molar-refractivity contribution is -0.132. The quantitative estimate of drug-likeness (QED) is 0.290. The van der Waals surface area contributed by atoms with Crippen LogP contribution >= 0.6 is 0 Å². The van der Waals surface area contributed by atoms with Crippen molar-refractivity contribution < 1.29 is 14.3 Å². The minimum absolute atomic E-state index is 0.258. The van der Waals surface area contributed by atoms with Gasteiger partial charge in [-0.25, -0.2) is 0 Å². The third kappa shape index (κ3) is 6.81. The fourth-order valence-corrected chi connectivity index (χ4v) is 8.61. The van der Waals surface area contributed by atoms with Gasteiger partial charge in [0.1, 0.15) is 5.78 Å². The molecule has 0 aliphatic heterocycles.